The maximum Gasteiger partial charge on any atom is 0.256 e. The molecular weight excluding hydrogens is 388 g/mol. The van der Waals surface area contributed by atoms with Crippen molar-refractivity contribution in [1.82, 2.24) is 4.57 Å². The van der Waals surface area contributed by atoms with Gasteiger partial charge in [0, 0.05) is 6.42 Å². The lowest BCUT2D eigenvalue weighted by atomic mass is 10.1. The van der Waals surface area contributed by atoms with E-state index in [0.717, 1.165) is 0 Å². The summed E-state index contributed by atoms with van der Waals surface area (Å²) in [6.45, 7) is 9.37. The molecule has 0 saturated heterocycles. The van der Waals surface area contributed by atoms with Crippen LogP contribution in [0.4, 0.5) is 0 Å². The number of unbranched alkanes of at least 4 members (excludes halogenated alkanes) is 18. The third-order valence-corrected chi connectivity index (χ3v) is 7.10. The molecule has 0 amide bonds. The first kappa shape index (κ1) is 29.2. The van der Waals surface area contributed by atoms with Gasteiger partial charge in [-0.25, -0.2) is 9.13 Å². The van der Waals surface area contributed by atoms with Crippen LogP contribution < -0.4 is 4.57 Å². The number of nitrogens with zero attached hydrogens (tertiary/aromatic N) is 2. The molecule has 0 aliphatic carbocycles. The molecule has 0 atom stereocenters. The molecule has 188 valence electrons. The van der Waals surface area contributed by atoms with Crippen LogP contribution in [0.3, 0.4) is 0 Å². The molecule has 0 N–H and O–H groups in total. The molecule has 1 aromatic rings. The summed E-state index contributed by atoms with van der Waals surface area (Å²) >= 11 is 0. The predicted octanol–water partition coefficient (Wildman–Crippen LogP) is 9.57. The fraction of sp³-hybridized carbons (Fsp3) is 0.900. The molecule has 0 radical (unpaired) electrons. The van der Waals surface area contributed by atoms with Crippen molar-refractivity contribution in [3.8, 4) is 0 Å². The van der Waals surface area contributed by atoms with Crippen LogP contribution in [0.1, 0.15) is 161 Å². The van der Waals surface area contributed by atoms with Gasteiger partial charge >= 0.3 is 0 Å². The molecule has 2 nitrogen and oxygen atoms in total. The molecule has 1 aromatic heterocycles. The van der Waals surface area contributed by atoms with Gasteiger partial charge in [0.1, 0.15) is 12.4 Å². The standard InChI is InChI=1S/C30H59N2/c1-4-7-10-13-15-16-17-19-22-25-30-31(26-23-20-12-9-6-3)28-29-32(30)27-24-21-18-14-11-8-5-2/h28-29H,4-27H2,1-3H3/q+1. The SMILES string of the molecule is CCCCCCCCCCCc1n(CCCCCCCCC)cc[n+]1CCCCCCC. The van der Waals surface area contributed by atoms with Crippen molar-refractivity contribution in [3.05, 3.63) is 18.2 Å². The fourth-order valence-corrected chi connectivity index (χ4v) is 4.91. The first-order valence-electron chi connectivity index (χ1n) is 14.9. The van der Waals surface area contributed by atoms with Gasteiger partial charge < -0.3 is 0 Å². The maximum atomic E-state index is 2.60. The molecule has 2 heteroatoms. The molecule has 0 aliphatic heterocycles. The number of hydrogen-bond donors (Lipinski definition) is 0. The summed E-state index contributed by atoms with van der Waals surface area (Å²) in [5.74, 6) is 1.61. The lowest BCUT2D eigenvalue weighted by Crippen LogP contribution is -2.37. The summed E-state index contributed by atoms with van der Waals surface area (Å²) in [6.07, 6.45) is 35.5. The van der Waals surface area contributed by atoms with E-state index in [9.17, 15) is 0 Å². The van der Waals surface area contributed by atoms with Crippen LogP contribution in [-0.2, 0) is 19.5 Å². The normalized spacial score (nSPS) is 11.5. The Kier molecular flexibility index (Phi) is 20.1. The fourth-order valence-electron chi connectivity index (χ4n) is 4.91. The molecule has 0 fully saturated rings. The molecule has 0 aliphatic rings. The van der Waals surface area contributed by atoms with Gasteiger partial charge in [0.2, 0.25) is 0 Å². The van der Waals surface area contributed by atoms with Gasteiger partial charge in [0.05, 0.1) is 13.1 Å². The Bertz CT molecular complexity index is 505. The van der Waals surface area contributed by atoms with Gasteiger partial charge in [0.25, 0.3) is 5.82 Å². The van der Waals surface area contributed by atoms with Crippen molar-refractivity contribution in [2.45, 2.75) is 175 Å². The van der Waals surface area contributed by atoms with Crippen molar-refractivity contribution >= 4 is 0 Å². The Morgan fingerprint density at radius 1 is 0.531 bits per heavy atom. The van der Waals surface area contributed by atoms with E-state index in [1.165, 1.54) is 154 Å². The summed E-state index contributed by atoms with van der Waals surface area (Å²) in [4.78, 5) is 0. The Hall–Kier alpha value is -0.790. The Labute approximate surface area is 202 Å². The van der Waals surface area contributed by atoms with E-state index in [-0.39, 0.29) is 0 Å². The average molecular weight is 448 g/mol. The molecule has 0 unspecified atom stereocenters. The van der Waals surface area contributed by atoms with E-state index in [1.54, 1.807) is 5.82 Å². The molecule has 0 aromatic carbocycles. The van der Waals surface area contributed by atoms with Crippen LogP contribution in [-0.4, -0.2) is 4.57 Å². The highest BCUT2D eigenvalue weighted by Crippen LogP contribution is 2.13. The summed E-state index contributed by atoms with van der Waals surface area (Å²) in [5.41, 5.74) is 0. The first-order valence-corrected chi connectivity index (χ1v) is 14.9. The average Bonchev–Trinajstić information content (AvgIpc) is 3.18. The second-order valence-corrected chi connectivity index (χ2v) is 10.2. The lowest BCUT2D eigenvalue weighted by molar-refractivity contribution is -0.704. The zero-order chi connectivity index (χ0) is 23.1. The van der Waals surface area contributed by atoms with E-state index in [1.807, 2.05) is 0 Å². The van der Waals surface area contributed by atoms with Crippen LogP contribution >= 0.6 is 0 Å². The zero-order valence-electron chi connectivity index (χ0n) is 22.5. The summed E-state index contributed by atoms with van der Waals surface area (Å²) in [7, 11) is 0. The van der Waals surface area contributed by atoms with Crippen LogP contribution in [0.25, 0.3) is 0 Å². The lowest BCUT2D eigenvalue weighted by Gasteiger charge is -2.07. The minimum Gasteiger partial charge on any atom is -0.234 e. The minimum absolute atomic E-state index is 1.22. The smallest absolute Gasteiger partial charge is 0.234 e. The number of rotatable bonds is 24. The molecule has 1 rings (SSSR count). The third kappa shape index (κ3) is 15.1. The largest absolute Gasteiger partial charge is 0.256 e. The van der Waals surface area contributed by atoms with Crippen molar-refractivity contribution in [2.75, 3.05) is 0 Å². The highest BCUT2D eigenvalue weighted by atomic mass is 15.1. The van der Waals surface area contributed by atoms with Crippen LogP contribution in [0.5, 0.6) is 0 Å². The Balaban J connectivity index is 2.37. The monoisotopic (exact) mass is 447 g/mol. The van der Waals surface area contributed by atoms with Gasteiger partial charge in [-0.1, -0.05) is 124 Å². The minimum atomic E-state index is 1.22. The highest BCUT2D eigenvalue weighted by Gasteiger charge is 2.16. The molecule has 0 saturated carbocycles. The third-order valence-electron chi connectivity index (χ3n) is 7.10. The molecule has 32 heavy (non-hydrogen) atoms. The Morgan fingerprint density at radius 2 is 0.969 bits per heavy atom. The van der Waals surface area contributed by atoms with Gasteiger partial charge in [-0.15, -0.1) is 0 Å². The van der Waals surface area contributed by atoms with E-state index >= 15 is 0 Å². The van der Waals surface area contributed by atoms with E-state index in [4.69, 9.17) is 0 Å². The van der Waals surface area contributed by atoms with Crippen LogP contribution in [0.2, 0.25) is 0 Å². The number of hydrogen-bond acceptors (Lipinski definition) is 0. The number of aryl methyl sites for hydroxylation is 2. The summed E-state index contributed by atoms with van der Waals surface area (Å²) in [6, 6.07) is 0. The predicted molar refractivity (Wildman–Crippen MR) is 142 cm³/mol. The molecule has 0 bridgehead atoms. The second-order valence-electron chi connectivity index (χ2n) is 10.2. The van der Waals surface area contributed by atoms with E-state index in [0.29, 0.717) is 0 Å². The van der Waals surface area contributed by atoms with E-state index in [2.05, 4.69) is 42.3 Å². The second kappa shape index (κ2) is 22.0. The van der Waals surface area contributed by atoms with Crippen molar-refractivity contribution < 1.29 is 4.57 Å². The maximum absolute atomic E-state index is 2.60. The van der Waals surface area contributed by atoms with Crippen molar-refractivity contribution in [3.63, 3.8) is 0 Å². The van der Waals surface area contributed by atoms with Gasteiger partial charge in [0.15, 0.2) is 0 Å². The number of imidazole rings is 1. The molecule has 0 spiro atoms. The van der Waals surface area contributed by atoms with E-state index < -0.39 is 0 Å². The van der Waals surface area contributed by atoms with Gasteiger partial charge in [-0.05, 0) is 32.1 Å². The summed E-state index contributed by atoms with van der Waals surface area (Å²) in [5, 5.41) is 0. The van der Waals surface area contributed by atoms with Crippen LogP contribution in [0.15, 0.2) is 12.4 Å². The van der Waals surface area contributed by atoms with Crippen LogP contribution in [0, 0.1) is 0 Å². The van der Waals surface area contributed by atoms with Crippen molar-refractivity contribution in [2.24, 2.45) is 0 Å². The Morgan fingerprint density at radius 3 is 1.50 bits per heavy atom. The summed E-state index contributed by atoms with van der Waals surface area (Å²) < 4.78 is 5.20. The quantitative estimate of drug-likeness (QED) is 0.110. The van der Waals surface area contributed by atoms with Gasteiger partial charge in [-0.3, -0.25) is 0 Å². The molecule has 1 heterocycles. The van der Waals surface area contributed by atoms with Crippen molar-refractivity contribution in [1.29, 1.82) is 0 Å². The zero-order valence-corrected chi connectivity index (χ0v) is 22.5. The topological polar surface area (TPSA) is 8.81 Å². The molecular formula is C30H59N2+. The van der Waals surface area contributed by atoms with Gasteiger partial charge in [-0.2, -0.15) is 0 Å². The number of aromatic nitrogens is 2. The highest BCUT2D eigenvalue weighted by molar-refractivity contribution is 4.84. The first-order chi connectivity index (χ1) is 15.8.